The maximum absolute atomic E-state index is 6.01. The van der Waals surface area contributed by atoms with Crippen molar-refractivity contribution < 1.29 is 0 Å². The Morgan fingerprint density at radius 1 is 0.571 bits per heavy atom. The van der Waals surface area contributed by atoms with Crippen LogP contribution in [0.3, 0.4) is 0 Å². The van der Waals surface area contributed by atoms with Crippen LogP contribution >= 0.6 is 13.5 Å². The highest BCUT2D eigenvalue weighted by molar-refractivity contribution is 7.59. The standard InChI is InChI=1S/C12H25N.H2S/c13-12-10-8-6-4-2-1-3-5-7-9-11-12;/h12H,1-11,13H2;1H2. The largest absolute Gasteiger partial charge is 0.328 e. The summed E-state index contributed by atoms with van der Waals surface area (Å²) in [5.41, 5.74) is 6.01. The van der Waals surface area contributed by atoms with Gasteiger partial charge in [0.25, 0.3) is 0 Å². The zero-order chi connectivity index (χ0) is 9.36. The predicted molar refractivity (Wildman–Crippen MR) is 69.1 cm³/mol. The van der Waals surface area contributed by atoms with Gasteiger partial charge in [-0.05, 0) is 12.8 Å². The Morgan fingerprint density at radius 2 is 0.857 bits per heavy atom. The molecule has 0 unspecified atom stereocenters. The molecule has 1 aliphatic carbocycles. The minimum atomic E-state index is 0. The van der Waals surface area contributed by atoms with Gasteiger partial charge in [0, 0.05) is 6.04 Å². The lowest BCUT2D eigenvalue weighted by atomic mass is 9.99. The fraction of sp³-hybridized carbons (Fsp3) is 1.00. The van der Waals surface area contributed by atoms with Crippen molar-refractivity contribution in [1.82, 2.24) is 0 Å². The minimum Gasteiger partial charge on any atom is -0.328 e. The van der Waals surface area contributed by atoms with E-state index in [1.165, 1.54) is 70.6 Å². The normalized spacial score (nSPS) is 22.9. The Morgan fingerprint density at radius 3 is 1.21 bits per heavy atom. The van der Waals surface area contributed by atoms with Gasteiger partial charge in [-0.3, -0.25) is 0 Å². The molecule has 1 aliphatic rings. The van der Waals surface area contributed by atoms with Crippen LogP contribution in [0.5, 0.6) is 0 Å². The fourth-order valence-corrected chi connectivity index (χ4v) is 2.19. The van der Waals surface area contributed by atoms with Crippen molar-refractivity contribution in [2.75, 3.05) is 0 Å². The zero-order valence-corrected chi connectivity index (χ0v) is 10.4. The van der Waals surface area contributed by atoms with Gasteiger partial charge in [0.2, 0.25) is 0 Å². The third-order valence-corrected chi connectivity index (χ3v) is 3.15. The van der Waals surface area contributed by atoms with Crippen LogP contribution in [-0.4, -0.2) is 6.04 Å². The molecule has 2 N–H and O–H groups in total. The highest BCUT2D eigenvalue weighted by atomic mass is 32.1. The van der Waals surface area contributed by atoms with E-state index in [2.05, 4.69) is 0 Å². The van der Waals surface area contributed by atoms with Gasteiger partial charge in [-0.25, -0.2) is 0 Å². The van der Waals surface area contributed by atoms with E-state index < -0.39 is 0 Å². The first kappa shape index (κ1) is 14.3. The quantitative estimate of drug-likeness (QED) is 0.657. The smallest absolute Gasteiger partial charge is 0.00388 e. The van der Waals surface area contributed by atoms with Crippen LogP contribution in [0.25, 0.3) is 0 Å². The third-order valence-electron chi connectivity index (χ3n) is 3.15. The van der Waals surface area contributed by atoms with Gasteiger partial charge in [-0.1, -0.05) is 57.8 Å². The van der Waals surface area contributed by atoms with E-state index >= 15 is 0 Å². The van der Waals surface area contributed by atoms with Crippen molar-refractivity contribution >= 4 is 13.5 Å². The first-order chi connectivity index (χ1) is 6.39. The third kappa shape index (κ3) is 7.69. The van der Waals surface area contributed by atoms with Crippen LogP contribution in [0.2, 0.25) is 0 Å². The molecule has 0 heterocycles. The van der Waals surface area contributed by atoms with Crippen LogP contribution in [0.15, 0.2) is 0 Å². The summed E-state index contributed by atoms with van der Waals surface area (Å²) in [4.78, 5) is 0. The van der Waals surface area contributed by atoms with E-state index in [4.69, 9.17) is 5.73 Å². The van der Waals surface area contributed by atoms with Crippen LogP contribution in [0.4, 0.5) is 0 Å². The van der Waals surface area contributed by atoms with Crippen molar-refractivity contribution in [2.24, 2.45) is 5.73 Å². The van der Waals surface area contributed by atoms with E-state index in [1.807, 2.05) is 0 Å². The first-order valence-corrected chi connectivity index (χ1v) is 6.15. The number of hydrogen-bond donors (Lipinski definition) is 1. The van der Waals surface area contributed by atoms with Gasteiger partial charge >= 0.3 is 0 Å². The van der Waals surface area contributed by atoms with Gasteiger partial charge in [-0.2, -0.15) is 13.5 Å². The van der Waals surface area contributed by atoms with E-state index in [9.17, 15) is 0 Å². The van der Waals surface area contributed by atoms with Gasteiger partial charge < -0.3 is 5.73 Å². The van der Waals surface area contributed by atoms with Crippen molar-refractivity contribution in [2.45, 2.75) is 76.7 Å². The van der Waals surface area contributed by atoms with Crippen LogP contribution in [0.1, 0.15) is 70.6 Å². The second-order valence-electron chi connectivity index (χ2n) is 4.52. The molecule has 0 radical (unpaired) electrons. The monoisotopic (exact) mass is 217 g/mol. The molecule has 1 nitrogen and oxygen atoms in total. The molecule has 1 rings (SSSR count). The summed E-state index contributed by atoms with van der Waals surface area (Å²) in [6, 6.07) is 0.499. The van der Waals surface area contributed by atoms with Crippen LogP contribution in [0, 0.1) is 0 Å². The molecule has 14 heavy (non-hydrogen) atoms. The maximum Gasteiger partial charge on any atom is 0.00388 e. The highest BCUT2D eigenvalue weighted by Gasteiger charge is 2.03. The van der Waals surface area contributed by atoms with Gasteiger partial charge in [0.15, 0.2) is 0 Å². The molecule has 86 valence electrons. The molecule has 0 bridgehead atoms. The lowest BCUT2D eigenvalue weighted by Gasteiger charge is -2.12. The van der Waals surface area contributed by atoms with Gasteiger partial charge in [0.05, 0.1) is 0 Å². The lowest BCUT2D eigenvalue weighted by Crippen LogP contribution is -2.19. The number of rotatable bonds is 0. The summed E-state index contributed by atoms with van der Waals surface area (Å²) in [6.45, 7) is 0. The molecular formula is C12H27NS. The Hall–Kier alpha value is 0.310. The van der Waals surface area contributed by atoms with E-state index in [1.54, 1.807) is 0 Å². The van der Waals surface area contributed by atoms with Gasteiger partial charge in [0.1, 0.15) is 0 Å². The molecule has 0 aliphatic heterocycles. The molecule has 0 saturated heterocycles. The van der Waals surface area contributed by atoms with E-state index in [-0.39, 0.29) is 13.5 Å². The Balaban J connectivity index is 0.00000169. The molecule has 2 heteroatoms. The summed E-state index contributed by atoms with van der Waals surface area (Å²) < 4.78 is 0. The number of nitrogens with two attached hydrogens (primary N) is 1. The maximum atomic E-state index is 6.01. The number of hydrogen-bond acceptors (Lipinski definition) is 1. The van der Waals surface area contributed by atoms with Crippen molar-refractivity contribution in [3.05, 3.63) is 0 Å². The highest BCUT2D eigenvalue weighted by Crippen LogP contribution is 2.15. The van der Waals surface area contributed by atoms with Crippen molar-refractivity contribution in [3.63, 3.8) is 0 Å². The van der Waals surface area contributed by atoms with Crippen LogP contribution < -0.4 is 5.73 Å². The average Bonchev–Trinajstić information content (AvgIpc) is 2.11. The Labute approximate surface area is 96.3 Å². The summed E-state index contributed by atoms with van der Waals surface area (Å²) in [5.74, 6) is 0. The van der Waals surface area contributed by atoms with Crippen molar-refractivity contribution in [3.8, 4) is 0 Å². The molecule has 0 aromatic rings. The molecule has 1 fully saturated rings. The summed E-state index contributed by atoms with van der Waals surface area (Å²) in [6.07, 6.45) is 15.3. The molecule has 0 spiro atoms. The van der Waals surface area contributed by atoms with Crippen LogP contribution in [-0.2, 0) is 0 Å². The average molecular weight is 217 g/mol. The summed E-state index contributed by atoms with van der Waals surface area (Å²) >= 11 is 0. The first-order valence-electron chi connectivity index (χ1n) is 6.15. The van der Waals surface area contributed by atoms with E-state index in [0.29, 0.717) is 6.04 Å². The molecular weight excluding hydrogens is 190 g/mol. The van der Waals surface area contributed by atoms with Gasteiger partial charge in [-0.15, -0.1) is 0 Å². The molecule has 1 saturated carbocycles. The fourth-order valence-electron chi connectivity index (χ4n) is 2.19. The minimum absolute atomic E-state index is 0. The topological polar surface area (TPSA) is 26.0 Å². The molecule has 0 aromatic carbocycles. The second-order valence-corrected chi connectivity index (χ2v) is 4.52. The molecule has 0 atom stereocenters. The predicted octanol–water partition coefficient (Wildman–Crippen LogP) is 3.73. The Bertz CT molecular complexity index is 105. The van der Waals surface area contributed by atoms with Crippen molar-refractivity contribution in [1.29, 1.82) is 0 Å². The lowest BCUT2D eigenvalue weighted by molar-refractivity contribution is 0.465. The SMILES string of the molecule is NC1CCCCCCCCCCC1.S. The second kappa shape index (κ2) is 9.85. The Kier molecular flexibility index (Phi) is 10.1. The van der Waals surface area contributed by atoms with E-state index in [0.717, 1.165) is 0 Å². The summed E-state index contributed by atoms with van der Waals surface area (Å²) in [5, 5.41) is 0. The molecule has 0 amide bonds. The zero-order valence-electron chi connectivity index (χ0n) is 9.43. The molecule has 0 aromatic heterocycles. The summed E-state index contributed by atoms with van der Waals surface area (Å²) in [7, 11) is 0.